The second-order valence-corrected chi connectivity index (χ2v) is 8.89. The number of nitrogens with one attached hydrogen (secondary N) is 1. The number of aromatic nitrogens is 4. The van der Waals surface area contributed by atoms with Crippen molar-refractivity contribution in [3.63, 3.8) is 0 Å². The second-order valence-electron chi connectivity index (χ2n) is 7.58. The van der Waals surface area contributed by atoms with E-state index in [0.29, 0.717) is 24.1 Å². The van der Waals surface area contributed by atoms with Gasteiger partial charge in [0.25, 0.3) is 0 Å². The molecule has 8 nitrogen and oxygen atoms in total. The van der Waals surface area contributed by atoms with Crippen LogP contribution in [0.1, 0.15) is 32.3 Å². The normalized spacial score (nSPS) is 14.7. The molecule has 1 aliphatic heterocycles. The summed E-state index contributed by atoms with van der Waals surface area (Å²) in [5, 5.41) is 11.6. The predicted molar refractivity (Wildman–Crippen MR) is 119 cm³/mol. The van der Waals surface area contributed by atoms with Gasteiger partial charge in [-0.25, -0.2) is 4.79 Å². The van der Waals surface area contributed by atoms with Crippen molar-refractivity contribution in [2.75, 3.05) is 13.1 Å². The predicted octanol–water partition coefficient (Wildman–Crippen LogP) is 3.49. The zero-order valence-electron chi connectivity index (χ0n) is 17.6. The molecule has 0 aliphatic carbocycles. The summed E-state index contributed by atoms with van der Waals surface area (Å²) >= 11 is 1.30. The molecule has 1 aromatic carbocycles. The molecule has 9 heteroatoms. The number of hydrogen-bond acceptors (Lipinski definition) is 6. The first-order chi connectivity index (χ1) is 15.0. The minimum absolute atomic E-state index is 0.241. The number of hydrogen-bond donors (Lipinski definition) is 1. The van der Waals surface area contributed by atoms with Crippen LogP contribution in [0.4, 0.5) is 4.79 Å². The SMILES string of the molecule is CC(Sc1nnc(-c2cccnc2)n1-c1ccccc1C(C)C)C(=O)N1CCNC1=O. The zero-order valence-corrected chi connectivity index (χ0v) is 18.5. The lowest BCUT2D eigenvalue weighted by Gasteiger charge is -2.19. The molecule has 31 heavy (non-hydrogen) atoms. The highest BCUT2D eigenvalue weighted by atomic mass is 32.2. The molecule has 1 atom stereocenters. The Hall–Kier alpha value is -3.20. The summed E-state index contributed by atoms with van der Waals surface area (Å²) < 4.78 is 1.98. The quantitative estimate of drug-likeness (QED) is 0.595. The van der Waals surface area contributed by atoms with E-state index in [-0.39, 0.29) is 17.9 Å². The lowest BCUT2D eigenvalue weighted by Crippen LogP contribution is -2.39. The van der Waals surface area contributed by atoms with Crippen LogP contribution >= 0.6 is 11.8 Å². The third-order valence-electron chi connectivity index (χ3n) is 5.11. The number of nitrogens with zero attached hydrogens (tertiary/aromatic N) is 5. The summed E-state index contributed by atoms with van der Waals surface area (Å²) in [5.41, 5.74) is 2.94. The standard InChI is InChI=1S/C22H24N6O2S/c1-14(2)17-8-4-5-9-18(17)28-19(16-7-6-10-23-13-16)25-26-22(28)31-15(3)20(29)27-12-11-24-21(27)30/h4-10,13-15H,11-12H2,1-3H3,(H,24,30). The van der Waals surface area contributed by atoms with Gasteiger partial charge in [-0.1, -0.05) is 43.8 Å². The minimum Gasteiger partial charge on any atom is -0.336 e. The van der Waals surface area contributed by atoms with Crippen molar-refractivity contribution in [1.82, 2.24) is 30.0 Å². The fourth-order valence-corrected chi connectivity index (χ4v) is 4.46. The lowest BCUT2D eigenvalue weighted by molar-refractivity contribution is -0.126. The molecule has 1 saturated heterocycles. The van der Waals surface area contributed by atoms with Crippen LogP contribution in [0.15, 0.2) is 53.9 Å². The van der Waals surface area contributed by atoms with E-state index in [1.54, 1.807) is 19.3 Å². The van der Waals surface area contributed by atoms with Crippen LogP contribution in [0.25, 0.3) is 17.1 Å². The van der Waals surface area contributed by atoms with Crippen molar-refractivity contribution in [3.05, 3.63) is 54.4 Å². The van der Waals surface area contributed by atoms with E-state index in [4.69, 9.17) is 0 Å². The summed E-state index contributed by atoms with van der Waals surface area (Å²) in [4.78, 5) is 30.2. The Balaban J connectivity index is 1.76. The highest BCUT2D eigenvalue weighted by molar-refractivity contribution is 8.00. The van der Waals surface area contributed by atoms with Gasteiger partial charge >= 0.3 is 6.03 Å². The van der Waals surface area contributed by atoms with Crippen molar-refractivity contribution >= 4 is 23.7 Å². The van der Waals surface area contributed by atoms with Gasteiger partial charge < -0.3 is 5.32 Å². The van der Waals surface area contributed by atoms with E-state index >= 15 is 0 Å². The fourth-order valence-electron chi connectivity index (χ4n) is 3.53. The van der Waals surface area contributed by atoms with Crippen LogP contribution in [-0.4, -0.2) is 54.9 Å². The molecule has 1 fully saturated rings. The van der Waals surface area contributed by atoms with Crippen LogP contribution in [-0.2, 0) is 4.79 Å². The Kier molecular flexibility index (Phi) is 6.03. The van der Waals surface area contributed by atoms with Crippen LogP contribution < -0.4 is 5.32 Å². The van der Waals surface area contributed by atoms with E-state index in [0.717, 1.165) is 16.8 Å². The molecule has 0 bridgehead atoms. The molecule has 3 heterocycles. The molecule has 160 valence electrons. The summed E-state index contributed by atoms with van der Waals surface area (Å²) in [6.07, 6.45) is 3.46. The second kappa shape index (κ2) is 8.89. The molecular weight excluding hydrogens is 412 g/mol. The molecule has 0 saturated carbocycles. The molecule has 3 aromatic rings. The van der Waals surface area contributed by atoms with Gasteiger partial charge in [0.15, 0.2) is 11.0 Å². The molecular formula is C22H24N6O2S. The van der Waals surface area contributed by atoms with E-state index in [1.165, 1.54) is 16.7 Å². The Bertz CT molecular complexity index is 1100. The summed E-state index contributed by atoms with van der Waals surface area (Å²) in [6, 6.07) is 11.5. The van der Waals surface area contributed by atoms with E-state index in [9.17, 15) is 9.59 Å². The van der Waals surface area contributed by atoms with Gasteiger partial charge in [0.05, 0.1) is 10.9 Å². The molecule has 4 rings (SSSR count). The van der Waals surface area contributed by atoms with Crippen LogP contribution in [0.2, 0.25) is 0 Å². The first-order valence-corrected chi connectivity index (χ1v) is 11.1. The number of thioether (sulfide) groups is 1. The fraction of sp³-hybridized carbons (Fsp3) is 0.318. The summed E-state index contributed by atoms with van der Waals surface area (Å²) in [5.74, 6) is 0.697. The van der Waals surface area contributed by atoms with E-state index < -0.39 is 5.25 Å². The third-order valence-corrected chi connectivity index (χ3v) is 6.14. The Labute approximate surface area is 185 Å². The van der Waals surface area contributed by atoms with Gasteiger partial charge in [-0.05, 0) is 36.6 Å². The van der Waals surface area contributed by atoms with E-state index in [2.05, 4.69) is 40.4 Å². The van der Waals surface area contributed by atoms with Crippen LogP contribution in [0.5, 0.6) is 0 Å². The first kappa shape index (κ1) is 21.0. The largest absolute Gasteiger partial charge is 0.336 e. The molecule has 1 N–H and O–H groups in total. The Morgan fingerprint density at radius 2 is 1.94 bits per heavy atom. The third kappa shape index (κ3) is 4.18. The number of carbonyl (C=O) groups is 2. The zero-order chi connectivity index (χ0) is 22.0. The average Bonchev–Trinajstić information content (AvgIpc) is 3.39. The maximum atomic E-state index is 12.8. The Morgan fingerprint density at radius 1 is 1.13 bits per heavy atom. The number of imide groups is 1. The number of para-hydroxylation sites is 1. The van der Waals surface area contributed by atoms with Gasteiger partial charge in [0.2, 0.25) is 5.91 Å². The highest BCUT2D eigenvalue weighted by Crippen LogP contribution is 2.33. The maximum absolute atomic E-state index is 12.8. The van der Waals surface area contributed by atoms with E-state index in [1.807, 2.05) is 34.9 Å². The molecule has 2 aromatic heterocycles. The maximum Gasteiger partial charge on any atom is 0.324 e. The number of pyridine rings is 1. The Morgan fingerprint density at radius 3 is 2.61 bits per heavy atom. The van der Waals surface area contributed by atoms with Crippen molar-refractivity contribution in [3.8, 4) is 17.1 Å². The van der Waals surface area contributed by atoms with Crippen molar-refractivity contribution in [2.24, 2.45) is 0 Å². The number of rotatable bonds is 6. The molecule has 3 amide bonds. The summed E-state index contributed by atoms with van der Waals surface area (Å²) in [6.45, 7) is 6.92. The smallest absolute Gasteiger partial charge is 0.324 e. The number of amides is 3. The summed E-state index contributed by atoms with van der Waals surface area (Å²) in [7, 11) is 0. The lowest BCUT2D eigenvalue weighted by atomic mass is 10.0. The molecule has 1 unspecified atom stereocenters. The van der Waals surface area contributed by atoms with Gasteiger partial charge in [0, 0.05) is 31.0 Å². The van der Waals surface area contributed by atoms with Gasteiger partial charge in [-0.2, -0.15) is 0 Å². The van der Waals surface area contributed by atoms with Crippen molar-refractivity contribution < 1.29 is 9.59 Å². The van der Waals surface area contributed by atoms with Gasteiger partial charge in [-0.3, -0.25) is 19.2 Å². The molecule has 0 spiro atoms. The first-order valence-electron chi connectivity index (χ1n) is 10.2. The monoisotopic (exact) mass is 436 g/mol. The van der Waals surface area contributed by atoms with Crippen molar-refractivity contribution in [1.29, 1.82) is 0 Å². The molecule has 1 aliphatic rings. The van der Waals surface area contributed by atoms with Crippen molar-refractivity contribution in [2.45, 2.75) is 37.1 Å². The minimum atomic E-state index is -0.500. The highest BCUT2D eigenvalue weighted by Gasteiger charge is 2.31. The average molecular weight is 437 g/mol. The number of carbonyl (C=O) groups excluding carboxylic acids is 2. The number of urea groups is 1. The van der Waals surface area contributed by atoms with Crippen LogP contribution in [0, 0.1) is 0 Å². The topological polar surface area (TPSA) is 93.0 Å². The number of benzene rings is 1. The van der Waals surface area contributed by atoms with Crippen LogP contribution in [0.3, 0.4) is 0 Å². The van der Waals surface area contributed by atoms with Gasteiger partial charge in [-0.15, -0.1) is 10.2 Å². The van der Waals surface area contributed by atoms with Gasteiger partial charge in [0.1, 0.15) is 0 Å². The molecule has 0 radical (unpaired) electrons.